The lowest BCUT2D eigenvalue weighted by Crippen LogP contribution is -2.62. The quantitative estimate of drug-likeness (QED) is 0.180. The predicted molar refractivity (Wildman–Crippen MR) is 82.8 cm³/mol. The maximum Gasteiger partial charge on any atom is 0.466 e. The lowest BCUT2D eigenvalue weighted by molar-refractivity contribution is -0.348. The molecule has 0 aliphatic carbocycles. The predicted octanol–water partition coefficient (Wildman–Crippen LogP) is 1.68. The first-order chi connectivity index (χ1) is 12.4. The summed E-state index contributed by atoms with van der Waals surface area (Å²) < 4.78 is 107. The molecule has 0 spiro atoms. The van der Waals surface area contributed by atoms with Crippen LogP contribution in [0.2, 0.25) is 0 Å². The summed E-state index contributed by atoms with van der Waals surface area (Å²) in [7, 11) is -6.20. The van der Waals surface area contributed by atoms with E-state index in [4.69, 9.17) is 0 Å². The minimum Gasteiger partial charge on any atom is -0.743 e. The molecule has 0 heterocycles. The lowest BCUT2D eigenvalue weighted by Gasteiger charge is -2.34. The van der Waals surface area contributed by atoms with Crippen molar-refractivity contribution in [3.8, 4) is 0 Å². The molecular weight excluding hydrogens is 421 g/mol. The smallest absolute Gasteiger partial charge is 0.466 e. The van der Waals surface area contributed by atoms with E-state index < -0.39 is 57.8 Å². The Morgan fingerprint density at radius 3 is 2.04 bits per heavy atom. The monoisotopic (exact) mass is 440 g/mol. The average molecular weight is 440 g/mol. The van der Waals surface area contributed by atoms with Gasteiger partial charge in [-0.1, -0.05) is 20.4 Å². The summed E-state index contributed by atoms with van der Waals surface area (Å²) >= 11 is 0. The third kappa shape index (κ3) is 6.67. The molecule has 1 atom stereocenters. The molecule has 164 valence electrons. The Morgan fingerprint density at radius 2 is 1.68 bits per heavy atom. The van der Waals surface area contributed by atoms with Gasteiger partial charge in [-0.3, -0.25) is 4.79 Å². The van der Waals surface area contributed by atoms with Crippen LogP contribution < -0.4 is 5.32 Å². The first-order valence-corrected chi connectivity index (χ1v) is 8.99. The van der Waals surface area contributed by atoms with Gasteiger partial charge in [0.15, 0.2) is 10.1 Å². The van der Waals surface area contributed by atoms with Crippen molar-refractivity contribution in [3.05, 3.63) is 12.2 Å². The van der Waals surface area contributed by atoms with E-state index in [1.54, 1.807) is 5.32 Å². The van der Waals surface area contributed by atoms with Crippen molar-refractivity contribution in [3.63, 3.8) is 0 Å². The number of nitrogens with one attached hydrogen (secondary N) is 1. The van der Waals surface area contributed by atoms with E-state index >= 15 is 0 Å². The van der Waals surface area contributed by atoms with Crippen LogP contribution in [0.5, 0.6) is 0 Å². The van der Waals surface area contributed by atoms with E-state index in [2.05, 4.69) is 16.1 Å². The standard InChI is InChI=1S/C14H20F5NO7S/c1-8(2)7-20-11(22)13(14(17,18)19,27-10(21)9(3)4)26-6-5-12(15,16)28(23,24)25/h8H,3,5-7H2,1-2,4H3,(H,20,22)(H,23,24,25)/p-1. The molecule has 0 aromatic rings. The van der Waals surface area contributed by atoms with Crippen LogP contribution in [-0.2, 0) is 29.2 Å². The summed E-state index contributed by atoms with van der Waals surface area (Å²) in [6, 6.07) is 0. The lowest BCUT2D eigenvalue weighted by atomic mass is 10.2. The first kappa shape index (κ1) is 26.2. The molecular formula is C14H19F5NO7S-. The van der Waals surface area contributed by atoms with Gasteiger partial charge in [-0.15, -0.1) is 0 Å². The largest absolute Gasteiger partial charge is 0.743 e. The van der Waals surface area contributed by atoms with Crippen LogP contribution in [0.1, 0.15) is 27.2 Å². The molecule has 8 nitrogen and oxygen atoms in total. The number of halogens is 5. The summed E-state index contributed by atoms with van der Waals surface area (Å²) in [6.45, 7) is 4.96. The Labute approximate surface area is 157 Å². The normalized spacial score (nSPS) is 15.1. The Hall–Kier alpha value is -1.80. The maximum atomic E-state index is 13.6. The van der Waals surface area contributed by atoms with Crippen molar-refractivity contribution in [2.24, 2.45) is 5.92 Å². The molecule has 28 heavy (non-hydrogen) atoms. The second-order valence-electron chi connectivity index (χ2n) is 6.08. The van der Waals surface area contributed by atoms with Crippen molar-refractivity contribution in [2.75, 3.05) is 13.2 Å². The van der Waals surface area contributed by atoms with E-state index in [9.17, 15) is 44.5 Å². The van der Waals surface area contributed by atoms with Crippen LogP contribution in [0.25, 0.3) is 0 Å². The van der Waals surface area contributed by atoms with Crippen molar-refractivity contribution < 1.29 is 54.0 Å². The van der Waals surface area contributed by atoms with Gasteiger partial charge in [0, 0.05) is 18.5 Å². The molecule has 0 fully saturated rings. The van der Waals surface area contributed by atoms with E-state index in [1.807, 2.05) is 0 Å². The number of alkyl halides is 5. The van der Waals surface area contributed by atoms with Crippen LogP contribution in [0.15, 0.2) is 12.2 Å². The Balaban J connectivity index is 5.88. The summed E-state index contributed by atoms with van der Waals surface area (Å²) in [6.07, 6.45) is -7.76. The third-order valence-corrected chi connectivity index (χ3v) is 3.93. The zero-order valence-corrected chi connectivity index (χ0v) is 15.9. The number of carbonyl (C=O) groups is 2. The molecule has 0 radical (unpaired) electrons. The van der Waals surface area contributed by atoms with Crippen LogP contribution in [0.4, 0.5) is 22.0 Å². The van der Waals surface area contributed by atoms with Crippen molar-refractivity contribution in [1.29, 1.82) is 0 Å². The van der Waals surface area contributed by atoms with Gasteiger partial charge in [-0.2, -0.15) is 22.0 Å². The number of hydrogen-bond donors (Lipinski definition) is 1. The second kappa shape index (κ2) is 9.13. The molecule has 1 unspecified atom stereocenters. The molecule has 0 aliphatic rings. The molecule has 1 amide bonds. The van der Waals surface area contributed by atoms with Gasteiger partial charge in [0.05, 0.1) is 6.61 Å². The van der Waals surface area contributed by atoms with Gasteiger partial charge in [-0.25, -0.2) is 13.2 Å². The molecule has 0 saturated heterocycles. The summed E-state index contributed by atoms with van der Waals surface area (Å²) in [4.78, 5) is 23.7. The van der Waals surface area contributed by atoms with Gasteiger partial charge >= 0.3 is 29.1 Å². The minimum absolute atomic E-state index is 0.324. The fourth-order valence-corrected chi connectivity index (χ4v) is 1.81. The van der Waals surface area contributed by atoms with E-state index in [0.717, 1.165) is 6.92 Å². The minimum atomic E-state index is -6.20. The van der Waals surface area contributed by atoms with Gasteiger partial charge in [0.25, 0.3) is 0 Å². The number of ether oxygens (including phenoxy) is 2. The highest BCUT2D eigenvalue weighted by molar-refractivity contribution is 7.86. The maximum absolute atomic E-state index is 13.6. The topological polar surface area (TPSA) is 122 Å². The van der Waals surface area contributed by atoms with Crippen molar-refractivity contribution in [1.82, 2.24) is 5.32 Å². The van der Waals surface area contributed by atoms with Crippen molar-refractivity contribution in [2.45, 2.75) is 44.4 Å². The number of rotatable bonds is 10. The number of carbonyl (C=O) groups excluding carboxylic acids is 2. The Morgan fingerprint density at radius 1 is 1.18 bits per heavy atom. The van der Waals surface area contributed by atoms with E-state index in [-0.39, 0.29) is 12.5 Å². The van der Waals surface area contributed by atoms with Gasteiger partial charge < -0.3 is 19.3 Å². The van der Waals surface area contributed by atoms with Crippen LogP contribution in [0, 0.1) is 5.92 Å². The van der Waals surface area contributed by atoms with Crippen LogP contribution in [-0.4, -0.2) is 55.2 Å². The second-order valence-corrected chi connectivity index (χ2v) is 7.58. The molecule has 0 aromatic heterocycles. The zero-order valence-electron chi connectivity index (χ0n) is 15.1. The van der Waals surface area contributed by atoms with E-state index in [1.165, 1.54) is 13.8 Å². The SMILES string of the molecule is C=C(C)C(=O)OC(OCCC(F)(F)S(=O)(=O)[O-])(C(=O)NCC(C)C)C(F)(F)F. The summed E-state index contributed by atoms with van der Waals surface area (Å²) in [5, 5.41) is -3.18. The number of hydrogen-bond acceptors (Lipinski definition) is 7. The van der Waals surface area contributed by atoms with Gasteiger partial charge in [-0.05, 0) is 12.8 Å². The first-order valence-electron chi connectivity index (χ1n) is 7.58. The molecule has 0 aromatic carbocycles. The zero-order chi connectivity index (χ0) is 22.6. The highest BCUT2D eigenvalue weighted by Gasteiger charge is 2.66. The Kier molecular flexibility index (Phi) is 8.55. The molecule has 0 aliphatic heterocycles. The summed E-state index contributed by atoms with van der Waals surface area (Å²) in [5.41, 5.74) is -0.568. The third-order valence-electron chi connectivity index (χ3n) is 2.99. The van der Waals surface area contributed by atoms with Crippen molar-refractivity contribution >= 4 is 22.0 Å². The number of esters is 1. The fraction of sp³-hybridized carbons (Fsp3) is 0.714. The molecule has 1 N–H and O–H groups in total. The summed E-state index contributed by atoms with van der Waals surface area (Å²) in [5.74, 6) is -8.46. The number of amides is 1. The van der Waals surface area contributed by atoms with Crippen LogP contribution in [0.3, 0.4) is 0 Å². The van der Waals surface area contributed by atoms with Gasteiger partial charge in [0.1, 0.15) is 0 Å². The molecule has 14 heteroatoms. The highest BCUT2D eigenvalue weighted by atomic mass is 32.2. The molecule has 0 rings (SSSR count). The molecule has 0 bridgehead atoms. The van der Waals surface area contributed by atoms with Crippen LogP contribution >= 0.6 is 0 Å². The Bertz CT molecular complexity index is 705. The highest BCUT2D eigenvalue weighted by Crippen LogP contribution is 2.37. The van der Waals surface area contributed by atoms with Gasteiger partial charge in [0.2, 0.25) is 0 Å². The average Bonchev–Trinajstić information content (AvgIpc) is 2.48. The fourth-order valence-electron chi connectivity index (χ4n) is 1.48. The molecule has 0 saturated carbocycles. The van der Waals surface area contributed by atoms with E-state index in [0.29, 0.717) is 0 Å².